The molecule has 0 aliphatic carbocycles. The number of hydrogen-bond acceptors (Lipinski definition) is 3. The van der Waals surface area contributed by atoms with Crippen LogP contribution in [0.25, 0.3) is 11.3 Å². The minimum absolute atomic E-state index is 0.0232. The molecule has 1 aliphatic heterocycles. The zero-order chi connectivity index (χ0) is 17.1. The van der Waals surface area contributed by atoms with Gasteiger partial charge < -0.3 is 10.2 Å². The van der Waals surface area contributed by atoms with Crippen LogP contribution in [0.2, 0.25) is 0 Å². The van der Waals surface area contributed by atoms with Gasteiger partial charge in [-0.2, -0.15) is 5.10 Å². The number of carbonyl (C=O) groups excluding carboxylic acids is 1. The second-order valence-corrected chi connectivity index (χ2v) is 6.81. The van der Waals surface area contributed by atoms with E-state index in [0.29, 0.717) is 11.6 Å². The van der Waals surface area contributed by atoms with Gasteiger partial charge in [0.1, 0.15) is 5.69 Å². The van der Waals surface area contributed by atoms with Gasteiger partial charge in [0.25, 0.3) is 5.91 Å². The molecule has 5 nitrogen and oxygen atoms in total. The van der Waals surface area contributed by atoms with Crippen LogP contribution in [0, 0.1) is 0 Å². The first-order valence-corrected chi connectivity index (χ1v) is 8.68. The van der Waals surface area contributed by atoms with E-state index in [2.05, 4.69) is 29.2 Å². The van der Waals surface area contributed by atoms with Crippen molar-refractivity contribution in [2.45, 2.75) is 38.8 Å². The van der Waals surface area contributed by atoms with Gasteiger partial charge in [0.05, 0.1) is 5.56 Å². The fourth-order valence-electron chi connectivity index (χ4n) is 3.29. The number of nitrogens with zero attached hydrogens (tertiary/aromatic N) is 3. The highest BCUT2D eigenvalue weighted by molar-refractivity contribution is 5.99. The molecule has 1 aliphatic rings. The van der Waals surface area contributed by atoms with Crippen molar-refractivity contribution in [3.05, 3.63) is 42.1 Å². The van der Waals surface area contributed by atoms with Crippen LogP contribution in [-0.2, 0) is 7.05 Å². The summed E-state index contributed by atoms with van der Waals surface area (Å²) in [6, 6.07) is 10.7. The van der Waals surface area contributed by atoms with Gasteiger partial charge in [0.2, 0.25) is 0 Å². The summed E-state index contributed by atoms with van der Waals surface area (Å²) in [5.74, 6) is -0.0232. The van der Waals surface area contributed by atoms with Crippen LogP contribution >= 0.6 is 0 Å². The molecule has 1 N–H and O–H groups in total. The van der Waals surface area contributed by atoms with Crippen molar-refractivity contribution < 1.29 is 4.79 Å². The molecule has 0 saturated carbocycles. The van der Waals surface area contributed by atoms with Gasteiger partial charge in [0.15, 0.2) is 0 Å². The van der Waals surface area contributed by atoms with Crippen molar-refractivity contribution in [3.63, 3.8) is 0 Å². The lowest BCUT2D eigenvalue weighted by Crippen LogP contribution is -2.46. The average molecular weight is 326 g/mol. The quantitative estimate of drug-likeness (QED) is 0.940. The number of amides is 1. The summed E-state index contributed by atoms with van der Waals surface area (Å²) in [7, 11) is 1.85. The zero-order valence-corrected chi connectivity index (χ0v) is 14.7. The van der Waals surface area contributed by atoms with E-state index in [1.807, 2.05) is 37.4 Å². The molecule has 24 heavy (non-hydrogen) atoms. The number of nitrogens with one attached hydrogen (secondary N) is 1. The highest BCUT2D eigenvalue weighted by atomic mass is 16.1. The third kappa shape index (κ3) is 3.67. The normalized spacial score (nSPS) is 16.5. The Morgan fingerprint density at radius 2 is 1.88 bits per heavy atom. The summed E-state index contributed by atoms with van der Waals surface area (Å²) in [5.41, 5.74) is 2.36. The van der Waals surface area contributed by atoms with E-state index in [1.165, 1.54) is 0 Å². The second kappa shape index (κ2) is 7.18. The van der Waals surface area contributed by atoms with E-state index in [9.17, 15) is 4.79 Å². The largest absolute Gasteiger partial charge is 0.349 e. The van der Waals surface area contributed by atoms with Gasteiger partial charge in [-0.3, -0.25) is 9.48 Å². The van der Waals surface area contributed by atoms with Crippen molar-refractivity contribution in [3.8, 4) is 11.3 Å². The smallest absolute Gasteiger partial charge is 0.255 e. The van der Waals surface area contributed by atoms with Crippen LogP contribution in [0.3, 0.4) is 0 Å². The maximum Gasteiger partial charge on any atom is 0.255 e. The third-order valence-electron chi connectivity index (χ3n) is 4.72. The van der Waals surface area contributed by atoms with E-state index in [4.69, 9.17) is 0 Å². The van der Waals surface area contributed by atoms with E-state index in [-0.39, 0.29) is 11.9 Å². The number of benzene rings is 1. The molecule has 0 radical (unpaired) electrons. The lowest BCUT2D eigenvalue weighted by Gasteiger charge is -2.34. The number of aryl methyl sites for hydroxylation is 1. The molecule has 0 atom stereocenters. The first kappa shape index (κ1) is 16.7. The molecule has 0 unspecified atom stereocenters. The Bertz CT molecular complexity index is 685. The molecular formula is C19H26N4O. The van der Waals surface area contributed by atoms with Crippen LogP contribution in [0.4, 0.5) is 0 Å². The highest BCUT2D eigenvalue weighted by Crippen LogP contribution is 2.22. The number of aromatic nitrogens is 2. The number of carbonyl (C=O) groups is 1. The summed E-state index contributed by atoms with van der Waals surface area (Å²) in [6.07, 6.45) is 3.82. The van der Waals surface area contributed by atoms with E-state index in [1.54, 1.807) is 10.9 Å². The lowest BCUT2D eigenvalue weighted by molar-refractivity contribution is 0.0901. The summed E-state index contributed by atoms with van der Waals surface area (Å²) >= 11 is 0. The van der Waals surface area contributed by atoms with Crippen LogP contribution in [0.5, 0.6) is 0 Å². The van der Waals surface area contributed by atoms with Crippen LogP contribution in [0.1, 0.15) is 37.0 Å². The molecule has 3 rings (SSSR count). The summed E-state index contributed by atoms with van der Waals surface area (Å²) in [4.78, 5) is 15.2. The highest BCUT2D eigenvalue weighted by Gasteiger charge is 2.24. The molecule has 1 fully saturated rings. The van der Waals surface area contributed by atoms with Crippen LogP contribution in [-0.4, -0.2) is 45.8 Å². The molecule has 2 aromatic rings. The van der Waals surface area contributed by atoms with Crippen molar-refractivity contribution in [2.75, 3.05) is 13.1 Å². The molecule has 0 bridgehead atoms. The molecule has 1 aromatic heterocycles. The van der Waals surface area contributed by atoms with E-state index >= 15 is 0 Å². The molecule has 1 saturated heterocycles. The monoisotopic (exact) mass is 326 g/mol. The Balaban J connectivity index is 1.70. The molecule has 2 heterocycles. The van der Waals surface area contributed by atoms with Crippen molar-refractivity contribution in [2.24, 2.45) is 7.05 Å². The fourth-order valence-corrected chi connectivity index (χ4v) is 3.29. The number of piperidine rings is 1. The predicted molar refractivity (Wildman–Crippen MR) is 95.8 cm³/mol. The minimum Gasteiger partial charge on any atom is -0.349 e. The SMILES string of the molecule is CC(C)N1CCC(NC(=O)c2cn(C)nc2-c2ccccc2)CC1. The minimum atomic E-state index is -0.0232. The first-order valence-electron chi connectivity index (χ1n) is 8.68. The van der Waals surface area contributed by atoms with Gasteiger partial charge in [-0.1, -0.05) is 30.3 Å². The van der Waals surface area contributed by atoms with Crippen LogP contribution in [0.15, 0.2) is 36.5 Å². The van der Waals surface area contributed by atoms with E-state index in [0.717, 1.165) is 37.2 Å². The Kier molecular flexibility index (Phi) is 5.00. The van der Waals surface area contributed by atoms with Crippen molar-refractivity contribution >= 4 is 5.91 Å². The summed E-state index contributed by atoms with van der Waals surface area (Å²) in [6.45, 7) is 6.53. The van der Waals surface area contributed by atoms with Gasteiger partial charge in [-0.25, -0.2) is 0 Å². The van der Waals surface area contributed by atoms with Crippen molar-refractivity contribution in [1.29, 1.82) is 0 Å². The Morgan fingerprint density at radius 3 is 2.50 bits per heavy atom. The molecule has 1 aromatic carbocycles. The van der Waals surface area contributed by atoms with E-state index < -0.39 is 0 Å². The topological polar surface area (TPSA) is 50.2 Å². The number of hydrogen-bond donors (Lipinski definition) is 1. The maximum absolute atomic E-state index is 12.8. The molecule has 0 spiro atoms. The van der Waals surface area contributed by atoms with Gasteiger partial charge in [-0.05, 0) is 26.7 Å². The summed E-state index contributed by atoms with van der Waals surface area (Å²) < 4.78 is 1.71. The third-order valence-corrected chi connectivity index (χ3v) is 4.72. The Labute approximate surface area is 143 Å². The maximum atomic E-state index is 12.8. The second-order valence-electron chi connectivity index (χ2n) is 6.81. The standard InChI is InChI=1S/C19H26N4O/c1-14(2)23-11-9-16(10-12-23)20-19(24)17-13-22(3)21-18(17)15-7-5-4-6-8-15/h4-8,13-14,16H,9-12H2,1-3H3,(H,20,24). The summed E-state index contributed by atoms with van der Waals surface area (Å²) in [5, 5.41) is 7.68. The Hall–Kier alpha value is -2.14. The lowest BCUT2D eigenvalue weighted by atomic mass is 10.0. The molecule has 5 heteroatoms. The van der Waals surface area contributed by atoms with Gasteiger partial charge in [0, 0.05) is 44.0 Å². The number of likely N-dealkylation sites (tertiary alicyclic amines) is 1. The Morgan fingerprint density at radius 1 is 1.21 bits per heavy atom. The van der Waals surface area contributed by atoms with Gasteiger partial charge in [-0.15, -0.1) is 0 Å². The number of rotatable bonds is 4. The first-order chi connectivity index (χ1) is 11.5. The average Bonchev–Trinajstić information content (AvgIpc) is 2.98. The predicted octanol–water partition coefficient (Wildman–Crippen LogP) is 2.69. The molecule has 1 amide bonds. The molecular weight excluding hydrogens is 300 g/mol. The van der Waals surface area contributed by atoms with Crippen molar-refractivity contribution in [1.82, 2.24) is 20.0 Å². The molecule has 128 valence electrons. The van der Waals surface area contributed by atoms with Gasteiger partial charge >= 0.3 is 0 Å². The zero-order valence-electron chi connectivity index (χ0n) is 14.7. The fraction of sp³-hybridized carbons (Fsp3) is 0.474. The van der Waals surface area contributed by atoms with Crippen LogP contribution < -0.4 is 5.32 Å².